The second-order valence-electron chi connectivity index (χ2n) is 4.12. The molecule has 8 heteroatoms. The molecule has 0 fully saturated rings. The Morgan fingerprint density at radius 3 is 2.85 bits per heavy atom. The summed E-state index contributed by atoms with van der Waals surface area (Å²) in [7, 11) is 1.70. The molecule has 102 valence electrons. The van der Waals surface area contributed by atoms with Crippen LogP contribution in [0.4, 0.5) is 10.2 Å². The summed E-state index contributed by atoms with van der Waals surface area (Å²) < 4.78 is 19.7. The molecule has 2 heterocycles. The van der Waals surface area contributed by atoms with Gasteiger partial charge in [0.25, 0.3) is 5.89 Å². The lowest BCUT2D eigenvalue weighted by Gasteiger charge is -1.96. The van der Waals surface area contributed by atoms with Crippen molar-refractivity contribution in [2.45, 2.75) is 0 Å². The molecule has 0 amide bonds. The minimum absolute atomic E-state index is 0.00487. The standard InChI is InChI=1S/C12H9ClFN5O/c1-19-10(15)7(5-16-19)12-17-11(18-20-12)6-2-3-9(14)8(13)4-6/h2-5H,15H2,1H3. The van der Waals surface area contributed by atoms with Crippen LogP contribution in [0.3, 0.4) is 0 Å². The maximum atomic E-state index is 13.1. The van der Waals surface area contributed by atoms with Gasteiger partial charge in [0.05, 0.1) is 11.2 Å². The van der Waals surface area contributed by atoms with Crippen LogP contribution >= 0.6 is 11.6 Å². The summed E-state index contributed by atoms with van der Waals surface area (Å²) in [5.74, 6) is 0.448. The number of hydrogen-bond donors (Lipinski definition) is 1. The summed E-state index contributed by atoms with van der Waals surface area (Å²) >= 11 is 5.72. The number of rotatable bonds is 2. The lowest BCUT2D eigenvalue weighted by Crippen LogP contribution is -1.98. The van der Waals surface area contributed by atoms with Gasteiger partial charge in [-0.15, -0.1) is 0 Å². The third kappa shape index (κ3) is 2.01. The van der Waals surface area contributed by atoms with Gasteiger partial charge in [-0.2, -0.15) is 10.1 Å². The number of aryl methyl sites for hydroxylation is 1. The van der Waals surface area contributed by atoms with E-state index in [1.807, 2.05) is 0 Å². The summed E-state index contributed by atoms with van der Waals surface area (Å²) in [6, 6.07) is 4.19. The molecule has 0 saturated heterocycles. The van der Waals surface area contributed by atoms with Crippen LogP contribution in [-0.2, 0) is 7.05 Å². The van der Waals surface area contributed by atoms with Crippen LogP contribution in [0.2, 0.25) is 5.02 Å². The van der Waals surface area contributed by atoms with Crippen LogP contribution in [0.1, 0.15) is 0 Å². The minimum atomic E-state index is -0.504. The molecule has 0 bridgehead atoms. The third-order valence-electron chi connectivity index (χ3n) is 2.82. The maximum absolute atomic E-state index is 13.1. The largest absolute Gasteiger partial charge is 0.383 e. The molecule has 2 N–H and O–H groups in total. The van der Waals surface area contributed by atoms with Gasteiger partial charge < -0.3 is 10.3 Å². The average Bonchev–Trinajstić information content (AvgIpc) is 3.02. The zero-order valence-electron chi connectivity index (χ0n) is 10.3. The Balaban J connectivity index is 2.01. The molecule has 0 aliphatic carbocycles. The van der Waals surface area contributed by atoms with E-state index in [-0.39, 0.29) is 10.9 Å². The zero-order chi connectivity index (χ0) is 14.3. The summed E-state index contributed by atoms with van der Waals surface area (Å²) in [5, 5.41) is 7.81. The van der Waals surface area contributed by atoms with Crippen molar-refractivity contribution in [1.29, 1.82) is 0 Å². The Morgan fingerprint density at radius 1 is 1.40 bits per heavy atom. The predicted molar refractivity (Wildman–Crippen MR) is 71.3 cm³/mol. The van der Waals surface area contributed by atoms with Crippen molar-refractivity contribution in [1.82, 2.24) is 19.9 Å². The summed E-state index contributed by atoms with van der Waals surface area (Å²) in [4.78, 5) is 4.20. The fraction of sp³-hybridized carbons (Fsp3) is 0.0833. The summed E-state index contributed by atoms with van der Waals surface area (Å²) in [6.07, 6.45) is 1.53. The average molecular weight is 294 g/mol. The summed E-state index contributed by atoms with van der Waals surface area (Å²) in [6.45, 7) is 0. The Hall–Kier alpha value is -2.41. The molecule has 0 radical (unpaired) electrons. The minimum Gasteiger partial charge on any atom is -0.383 e. The van der Waals surface area contributed by atoms with Crippen LogP contribution < -0.4 is 5.73 Å². The van der Waals surface area contributed by atoms with Crippen molar-refractivity contribution in [3.63, 3.8) is 0 Å². The van der Waals surface area contributed by atoms with Gasteiger partial charge in [0.15, 0.2) is 0 Å². The first-order valence-corrected chi connectivity index (χ1v) is 6.01. The van der Waals surface area contributed by atoms with Gasteiger partial charge in [0.1, 0.15) is 17.2 Å². The van der Waals surface area contributed by atoms with Gasteiger partial charge in [-0.05, 0) is 18.2 Å². The summed E-state index contributed by atoms with van der Waals surface area (Å²) in [5.41, 5.74) is 6.92. The fourth-order valence-electron chi connectivity index (χ4n) is 1.70. The van der Waals surface area contributed by atoms with E-state index in [0.717, 1.165) is 0 Å². The van der Waals surface area contributed by atoms with Crippen LogP contribution in [-0.4, -0.2) is 19.9 Å². The van der Waals surface area contributed by atoms with Crippen molar-refractivity contribution in [3.8, 4) is 22.8 Å². The Bertz CT molecular complexity index is 782. The molecule has 0 saturated carbocycles. The second-order valence-corrected chi connectivity index (χ2v) is 4.53. The molecule has 2 aromatic heterocycles. The number of nitrogens with two attached hydrogens (primary N) is 1. The van der Waals surface area contributed by atoms with Crippen LogP contribution in [0.5, 0.6) is 0 Å². The lowest BCUT2D eigenvalue weighted by atomic mass is 10.2. The molecule has 6 nitrogen and oxygen atoms in total. The quantitative estimate of drug-likeness (QED) is 0.785. The number of anilines is 1. The fourth-order valence-corrected chi connectivity index (χ4v) is 1.88. The molecule has 0 aliphatic heterocycles. The van der Waals surface area contributed by atoms with Gasteiger partial charge in [-0.1, -0.05) is 16.8 Å². The molecule has 1 aromatic carbocycles. The lowest BCUT2D eigenvalue weighted by molar-refractivity contribution is 0.432. The van der Waals surface area contributed by atoms with E-state index in [2.05, 4.69) is 15.2 Å². The highest BCUT2D eigenvalue weighted by atomic mass is 35.5. The van der Waals surface area contributed by atoms with Crippen molar-refractivity contribution >= 4 is 17.4 Å². The second kappa shape index (κ2) is 4.61. The van der Waals surface area contributed by atoms with Crippen molar-refractivity contribution < 1.29 is 8.91 Å². The molecular formula is C12H9ClFN5O. The molecule has 0 unspecified atom stereocenters. The predicted octanol–water partition coefficient (Wildman–Crippen LogP) is 2.51. The molecular weight excluding hydrogens is 285 g/mol. The van der Waals surface area contributed by atoms with Crippen molar-refractivity contribution in [2.75, 3.05) is 5.73 Å². The number of nitrogen functional groups attached to an aromatic ring is 1. The van der Waals surface area contributed by atoms with Gasteiger partial charge in [0.2, 0.25) is 5.82 Å². The topological polar surface area (TPSA) is 82.8 Å². The zero-order valence-corrected chi connectivity index (χ0v) is 11.1. The van der Waals surface area contributed by atoms with Crippen molar-refractivity contribution in [2.24, 2.45) is 7.05 Å². The van der Waals surface area contributed by atoms with E-state index in [1.54, 1.807) is 7.05 Å². The first-order chi connectivity index (χ1) is 9.56. The first-order valence-electron chi connectivity index (χ1n) is 5.63. The molecule has 0 aliphatic rings. The van der Waals surface area contributed by atoms with E-state index < -0.39 is 5.82 Å². The number of benzene rings is 1. The van der Waals surface area contributed by atoms with E-state index in [9.17, 15) is 4.39 Å². The monoisotopic (exact) mass is 293 g/mol. The highest BCUT2D eigenvalue weighted by molar-refractivity contribution is 6.31. The molecule has 3 rings (SSSR count). The van der Waals surface area contributed by atoms with Gasteiger partial charge >= 0.3 is 0 Å². The number of hydrogen-bond acceptors (Lipinski definition) is 5. The number of aromatic nitrogens is 4. The first kappa shape index (κ1) is 12.6. The Labute approximate surface area is 118 Å². The molecule has 0 spiro atoms. The molecule has 3 aromatic rings. The Kier molecular flexibility index (Phi) is 2.90. The smallest absolute Gasteiger partial charge is 0.263 e. The van der Waals surface area contributed by atoms with Crippen LogP contribution in [0.15, 0.2) is 28.9 Å². The van der Waals surface area contributed by atoms with Crippen molar-refractivity contribution in [3.05, 3.63) is 35.2 Å². The van der Waals surface area contributed by atoms with Crippen LogP contribution in [0.25, 0.3) is 22.8 Å². The number of nitrogens with zero attached hydrogens (tertiary/aromatic N) is 4. The van der Waals surface area contributed by atoms with Gasteiger partial charge in [-0.3, -0.25) is 4.68 Å². The van der Waals surface area contributed by atoms with E-state index in [0.29, 0.717) is 22.8 Å². The maximum Gasteiger partial charge on any atom is 0.263 e. The highest BCUT2D eigenvalue weighted by Gasteiger charge is 2.16. The van der Waals surface area contributed by atoms with E-state index in [1.165, 1.54) is 29.1 Å². The molecule has 0 atom stereocenters. The normalized spacial score (nSPS) is 10.9. The highest BCUT2D eigenvalue weighted by Crippen LogP contribution is 2.27. The van der Waals surface area contributed by atoms with Gasteiger partial charge in [0, 0.05) is 12.6 Å². The SMILES string of the molecule is Cn1ncc(-c2nc(-c3ccc(F)c(Cl)c3)no2)c1N. The Morgan fingerprint density at radius 2 is 2.20 bits per heavy atom. The van der Waals surface area contributed by atoms with E-state index in [4.69, 9.17) is 21.9 Å². The molecule has 20 heavy (non-hydrogen) atoms. The van der Waals surface area contributed by atoms with Crippen LogP contribution in [0, 0.1) is 5.82 Å². The van der Waals surface area contributed by atoms with E-state index >= 15 is 0 Å². The number of halogens is 2. The van der Waals surface area contributed by atoms with Gasteiger partial charge in [-0.25, -0.2) is 4.39 Å². The third-order valence-corrected chi connectivity index (χ3v) is 3.11.